The molecule has 6 aromatic rings. The third-order valence-corrected chi connectivity index (χ3v) is 12.9. The van der Waals surface area contributed by atoms with Gasteiger partial charge in [-0.15, -0.1) is 0 Å². The molecular weight excluding hydrogens is 796 g/mol. The van der Waals surface area contributed by atoms with Crippen LogP contribution in [0.1, 0.15) is 108 Å². The van der Waals surface area contributed by atoms with Gasteiger partial charge in [0, 0.05) is 38.1 Å². The summed E-state index contributed by atoms with van der Waals surface area (Å²) in [6.07, 6.45) is 10.8. The Bertz CT molecular complexity index is 2450. The van der Waals surface area contributed by atoms with E-state index < -0.39 is 11.9 Å². The van der Waals surface area contributed by atoms with E-state index in [0.29, 0.717) is 46.6 Å². The van der Waals surface area contributed by atoms with Crippen LogP contribution in [0, 0.1) is 11.8 Å². The fraction of sp³-hybridized carbons (Fsp3) is 0.435. The fourth-order valence-corrected chi connectivity index (χ4v) is 8.83. The maximum Gasteiger partial charge on any atom is 0.354 e. The van der Waals surface area contributed by atoms with E-state index in [0.717, 1.165) is 117 Å². The number of aromatic nitrogens is 6. The summed E-state index contributed by atoms with van der Waals surface area (Å²) < 4.78 is 3.50. The van der Waals surface area contributed by atoms with Crippen molar-refractivity contribution in [3.05, 3.63) is 101 Å². The Morgan fingerprint density at radius 2 is 1.10 bits per heavy atom. The van der Waals surface area contributed by atoms with Crippen molar-refractivity contribution in [3.63, 3.8) is 0 Å². The van der Waals surface area contributed by atoms with Crippen LogP contribution in [0.5, 0.6) is 0 Å². The smallest absolute Gasteiger partial charge is 0.354 e. The molecular formula is C46H53ClN8O6. The number of benzene rings is 2. The number of anilines is 1. The van der Waals surface area contributed by atoms with E-state index in [1.165, 1.54) is 18.9 Å². The van der Waals surface area contributed by atoms with Crippen molar-refractivity contribution in [1.82, 2.24) is 34.8 Å². The van der Waals surface area contributed by atoms with Gasteiger partial charge >= 0.3 is 11.9 Å². The summed E-state index contributed by atoms with van der Waals surface area (Å²) in [4.78, 5) is 34.3. The summed E-state index contributed by atoms with van der Waals surface area (Å²) in [5.74, 6) is -0.470. The molecule has 2 aliphatic heterocycles. The van der Waals surface area contributed by atoms with Gasteiger partial charge in [0.05, 0.1) is 44.2 Å². The van der Waals surface area contributed by atoms with Gasteiger partial charge in [-0.2, -0.15) is 10.2 Å². The summed E-state index contributed by atoms with van der Waals surface area (Å²) in [5, 5.41) is 52.2. The zero-order valence-electron chi connectivity index (χ0n) is 34.2. The first-order chi connectivity index (χ1) is 29.7. The number of aromatic carboxylic acids is 2. The Balaban J connectivity index is 0.000000146. The second-order valence-electron chi connectivity index (χ2n) is 16.5. The van der Waals surface area contributed by atoms with Crippen LogP contribution in [0.25, 0.3) is 33.4 Å². The van der Waals surface area contributed by atoms with Gasteiger partial charge in [0.15, 0.2) is 22.7 Å². The van der Waals surface area contributed by atoms with Crippen LogP contribution in [-0.2, 0) is 0 Å². The highest BCUT2D eigenvalue weighted by molar-refractivity contribution is 6.35. The van der Waals surface area contributed by atoms with Crippen LogP contribution in [0.2, 0.25) is 5.02 Å². The highest BCUT2D eigenvalue weighted by atomic mass is 35.5. The maximum atomic E-state index is 11.9. The summed E-state index contributed by atoms with van der Waals surface area (Å²) >= 11 is 6.38. The molecule has 0 unspecified atom stereocenters. The Morgan fingerprint density at radius 3 is 1.54 bits per heavy atom. The SMILES string of the molecule is O=C(O)c1cc(Cl)c2c(C3CCC3)nn(-c3ccccc3)c2n1.O=C(O)c1cc(N2CCC(CO)CC2)c2c(C3CCC3)nn(-c3ccccc3)c2n1.OCC1CCNCC1. The minimum absolute atomic E-state index is 0.0408. The van der Waals surface area contributed by atoms with Crippen molar-refractivity contribution in [2.45, 2.75) is 76.0 Å². The highest BCUT2D eigenvalue weighted by Gasteiger charge is 2.32. The molecule has 0 bridgehead atoms. The van der Waals surface area contributed by atoms with Gasteiger partial charge in [-0.25, -0.2) is 28.9 Å². The van der Waals surface area contributed by atoms with Gasteiger partial charge in [-0.1, -0.05) is 60.8 Å². The summed E-state index contributed by atoms with van der Waals surface area (Å²) in [7, 11) is 0. The molecule has 5 N–H and O–H groups in total. The quantitative estimate of drug-likeness (QED) is 0.0958. The molecule has 2 saturated heterocycles. The number of aliphatic hydroxyl groups excluding tert-OH is 2. The van der Waals surface area contributed by atoms with Crippen LogP contribution in [0.3, 0.4) is 0 Å². The van der Waals surface area contributed by atoms with Crippen LogP contribution < -0.4 is 10.2 Å². The number of piperidine rings is 2. The first-order valence-electron chi connectivity index (χ1n) is 21.5. The molecule has 0 spiro atoms. The standard InChI is InChI=1S/C23H26N4O3.C17H14ClN3O2.C6H13NO/c28-14-15-9-11-26(12-10-15)19-13-18(23(29)30)24-22-20(19)21(16-5-4-6-16)25-27(22)17-7-2-1-3-8-17;18-12-9-13(17(22)23)19-16-14(12)15(10-5-4-6-10)20-21(16)11-7-2-1-3-8-11;8-5-6-1-3-7-4-2-6/h1-3,7-8,13,15-16,28H,4-6,9-12,14H2,(H,29,30);1-3,7-10H,4-6H2,(H,22,23);6-8H,1-5H2. The van der Waals surface area contributed by atoms with Crippen molar-refractivity contribution in [2.24, 2.45) is 11.8 Å². The number of nitrogens with zero attached hydrogens (tertiary/aromatic N) is 7. The lowest BCUT2D eigenvalue weighted by Gasteiger charge is -2.34. The first kappa shape index (κ1) is 42.3. The number of carboxylic acid groups (broad SMARTS) is 2. The van der Waals surface area contributed by atoms with Gasteiger partial charge < -0.3 is 30.6 Å². The average molecular weight is 849 g/mol. The fourth-order valence-electron chi connectivity index (χ4n) is 8.54. The summed E-state index contributed by atoms with van der Waals surface area (Å²) in [5.41, 5.74) is 5.68. The molecule has 0 amide bonds. The van der Waals surface area contributed by atoms with Crippen LogP contribution in [0.4, 0.5) is 5.69 Å². The van der Waals surface area contributed by atoms with Crippen LogP contribution in [-0.4, -0.2) is 101 Å². The predicted octanol–water partition coefficient (Wildman–Crippen LogP) is 7.61. The molecule has 61 heavy (non-hydrogen) atoms. The minimum atomic E-state index is -1.10. The predicted molar refractivity (Wildman–Crippen MR) is 235 cm³/mol. The molecule has 0 atom stereocenters. The molecule has 2 aromatic carbocycles. The number of rotatable bonds is 9. The third kappa shape index (κ3) is 9.13. The average Bonchev–Trinajstić information content (AvgIpc) is 3.83. The van der Waals surface area contributed by atoms with Gasteiger partial charge in [0.2, 0.25) is 0 Å². The second kappa shape index (κ2) is 19.1. The molecule has 4 aliphatic rings. The summed E-state index contributed by atoms with van der Waals surface area (Å²) in [6.45, 7) is 4.35. The lowest BCUT2D eigenvalue weighted by atomic mass is 9.82. The number of carboxylic acids is 2. The van der Waals surface area contributed by atoms with E-state index in [4.69, 9.17) is 26.9 Å². The van der Waals surface area contributed by atoms with E-state index in [2.05, 4.69) is 20.2 Å². The number of nitrogens with one attached hydrogen (secondary N) is 1. The van der Waals surface area contributed by atoms with E-state index in [9.17, 15) is 24.9 Å². The molecule has 4 fully saturated rings. The number of aliphatic hydroxyl groups is 2. The monoisotopic (exact) mass is 848 g/mol. The third-order valence-electron chi connectivity index (χ3n) is 12.6. The van der Waals surface area contributed by atoms with Crippen molar-refractivity contribution in [2.75, 3.05) is 44.3 Å². The maximum absolute atomic E-state index is 11.9. The molecule has 4 aromatic heterocycles. The van der Waals surface area contributed by atoms with Crippen molar-refractivity contribution >= 4 is 51.3 Å². The van der Waals surface area contributed by atoms with Crippen molar-refractivity contribution in [3.8, 4) is 11.4 Å². The molecule has 0 radical (unpaired) electrons. The molecule has 6 heterocycles. The minimum Gasteiger partial charge on any atom is -0.477 e. The number of hydrogen-bond donors (Lipinski definition) is 5. The topological polar surface area (TPSA) is 192 Å². The van der Waals surface area contributed by atoms with Gasteiger partial charge in [0.1, 0.15) is 0 Å². The van der Waals surface area contributed by atoms with E-state index >= 15 is 0 Å². The van der Waals surface area contributed by atoms with E-state index in [1.54, 1.807) is 15.4 Å². The molecule has 320 valence electrons. The molecule has 2 saturated carbocycles. The van der Waals surface area contributed by atoms with Crippen molar-refractivity contribution in [1.29, 1.82) is 0 Å². The number of fused-ring (bicyclic) bond motifs is 2. The van der Waals surface area contributed by atoms with Crippen LogP contribution in [0.15, 0.2) is 72.8 Å². The van der Waals surface area contributed by atoms with Crippen LogP contribution >= 0.6 is 11.6 Å². The van der Waals surface area contributed by atoms with Gasteiger partial charge in [-0.05, 0) is 113 Å². The number of para-hydroxylation sites is 2. The zero-order chi connectivity index (χ0) is 42.5. The van der Waals surface area contributed by atoms with E-state index in [-0.39, 0.29) is 18.0 Å². The second-order valence-corrected chi connectivity index (χ2v) is 16.9. The Hall–Kier alpha value is -5.41. The first-order valence-corrected chi connectivity index (χ1v) is 21.9. The number of carbonyl (C=O) groups is 2. The molecule has 10 rings (SSSR count). The Morgan fingerprint density at radius 1 is 0.639 bits per heavy atom. The van der Waals surface area contributed by atoms with Crippen molar-refractivity contribution < 1.29 is 30.0 Å². The van der Waals surface area contributed by atoms with Gasteiger partial charge in [0.25, 0.3) is 0 Å². The highest BCUT2D eigenvalue weighted by Crippen LogP contribution is 2.44. The largest absolute Gasteiger partial charge is 0.477 e. The Kier molecular flexibility index (Phi) is 13.2. The normalized spacial score (nSPS) is 17.5. The summed E-state index contributed by atoms with van der Waals surface area (Å²) in [6, 6.07) is 22.5. The lowest BCUT2D eigenvalue weighted by molar-refractivity contribution is 0.0680. The van der Waals surface area contributed by atoms with Gasteiger partial charge in [-0.3, -0.25) is 0 Å². The number of halogens is 1. The molecule has 2 aliphatic carbocycles. The van der Waals surface area contributed by atoms with E-state index in [1.807, 2.05) is 60.7 Å². The number of pyridine rings is 2. The zero-order valence-corrected chi connectivity index (χ0v) is 34.9. The molecule has 15 heteroatoms. The number of hydrogen-bond acceptors (Lipinski definition) is 10. The lowest BCUT2D eigenvalue weighted by Crippen LogP contribution is -2.35. The Labute approximate surface area is 359 Å². The molecule has 14 nitrogen and oxygen atoms in total.